The number of H-pyrrole nitrogens is 1. The van der Waals surface area contributed by atoms with Crippen molar-refractivity contribution in [1.82, 2.24) is 23.8 Å². The second kappa shape index (κ2) is 48.3. The van der Waals surface area contributed by atoms with Gasteiger partial charge in [0.15, 0.2) is 5.78 Å². The molecule has 0 radical (unpaired) electrons. The van der Waals surface area contributed by atoms with Crippen LogP contribution in [-0.4, -0.2) is 58.8 Å². The van der Waals surface area contributed by atoms with E-state index in [1.54, 1.807) is 42.5 Å². The highest BCUT2D eigenvalue weighted by molar-refractivity contribution is 9.11. The Hall–Kier alpha value is -14.0. The quantitative estimate of drug-likeness (QED) is 0.00883. The number of nitrogens with one attached hydrogen (secondary N) is 3. The number of hydrogen-bond donors (Lipinski definition) is 7. The van der Waals surface area contributed by atoms with Crippen molar-refractivity contribution in [3.8, 4) is 34.0 Å². The molecule has 0 amide bonds. The van der Waals surface area contributed by atoms with E-state index >= 15 is 0 Å². The van der Waals surface area contributed by atoms with Gasteiger partial charge < -0.3 is 36.9 Å². The average molecular weight is 2060 g/mol. The number of para-hydroxylation sites is 10. The Morgan fingerprint density at radius 2 is 0.813 bits per heavy atom. The van der Waals surface area contributed by atoms with Gasteiger partial charge in [-0.05, 0) is 239 Å². The van der Waals surface area contributed by atoms with Gasteiger partial charge in [0.2, 0.25) is 0 Å². The number of aromatic nitrogens is 5. The van der Waals surface area contributed by atoms with Crippen LogP contribution in [0.5, 0.6) is 0 Å². The van der Waals surface area contributed by atoms with Crippen LogP contribution in [0.3, 0.4) is 0 Å². The van der Waals surface area contributed by atoms with Crippen LogP contribution in [0.1, 0.15) is 67.8 Å². The second-order valence-electron chi connectivity index (χ2n) is 32.9. The summed E-state index contributed by atoms with van der Waals surface area (Å²) >= 11 is 29.8. The molecule has 139 heavy (non-hydrogen) atoms. The molecule has 24 heteroatoms. The molecule has 16 aromatic carbocycles. The van der Waals surface area contributed by atoms with Crippen LogP contribution in [0.2, 0.25) is 10.0 Å². The molecule has 0 bridgehead atoms. The zero-order valence-electron chi connectivity index (χ0n) is 77.0. The number of aromatic amines is 1. The normalized spacial score (nSPS) is 12.1. The molecule has 21 aromatic rings. The van der Waals surface area contributed by atoms with Gasteiger partial charge in [-0.3, -0.25) is 29.7 Å². The maximum absolute atomic E-state index is 10.8. The number of rotatable bonds is 12. The molecular weight excluding hydrogens is 1960 g/mol. The molecule has 1 aliphatic heterocycles. The smallest absolute Gasteiger partial charge is 0.399 e. The van der Waals surface area contributed by atoms with E-state index in [4.69, 9.17) is 88.4 Å². The number of anilines is 5. The fourth-order valence-electron chi connectivity index (χ4n) is 15.0. The Morgan fingerprint density at radius 1 is 0.424 bits per heavy atom. The van der Waals surface area contributed by atoms with Crippen LogP contribution in [0, 0.1) is 0 Å². The highest BCUT2D eigenvalue weighted by Crippen LogP contribution is 2.41. The molecule has 0 unspecified atom stereocenters. The number of nitrogen functional groups attached to an aromatic ring is 4. The summed E-state index contributed by atoms with van der Waals surface area (Å²) in [6, 6.07) is 141. The third-order valence-corrected chi connectivity index (χ3v) is 27.3. The van der Waals surface area contributed by atoms with Crippen molar-refractivity contribution in [2.24, 2.45) is 10.9 Å². The number of carbonyl (C=O) groups is 2. The van der Waals surface area contributed by atoms with Crippen molar-refractivity contribution in [3.63, 3.8) is 0 Å². The number of nitrogens with zero attached hydrogens (tertiary/aromatic N) is 5. The number of hydrazone groups is 1. The Kier molecular flexibility index (Phi) is 35.1. The fourth-order valence-corrected chi connectivity index (χ4v) is 17.7. The molecule has 1 aliphatic rings. The van der Waals surface area contributed by atoms with E-state index in [0.717, 1.165) is 126 Å². The summed E-state index contributed by atoms with van der Waals surface area (Å²) < 4.78 is 19.2. The fraction of sp³-hybridized carbons (Fsp3) is 0.0696. The van der Waals surface area contributed by atoms with E-state index in [1.165, 1.54) is 44.7 Å². The lowest BCUT2D eigenvalue weighted by molar-refractivity contribution is 0.00578. The van der Waals surface area contributed by atoms with Gasteiger partial charge >= 0.3 is 7.12 Å². The van der Waals surface area contributed by atoms with Crippen LogP contribution in [0.15, 0.2) is 445 Å². The Balaban J connectivity index is 0.000000130. The number of halogens is 6. The molecule has 0 spiro atoms. The van der Waals surface area contributed by atoms with Crippen molar-refractivity contribution in [2.75, 3.05) is 28.1 Å². The van der Waals surface area contributed by atoms with E-state index < -0.39 is 12.5 Å². The summed E-state index contributed by atoms with van der Waals surface area (Å²) in [5.74, 6) is 6.97. The topological polar surface area (TPSA) is 243 Å². The molecule has 0 atom stereocenters. The maximum atomic E-state index is 10.8. The van der Waals surface area contributed by atoms with Gasteiger partial charge in [-0.15, -0.1) is 0 Å². The molecule has 694 valence electrons. The molecule has 0 saturated carbocycles. The molecule has 5 aromatic heterocycles. The second-order valence-corrected chi connectivity index (χ2v) is 38.6. The van der Waals surface area contributed by atoms with Crippen LogP contribution in [0.4, 0.5) is 28.4 Å². The van der Waals surface area contributed by atoms with Gasteiger partial charge in [0, 0.05) is 113 Å². The predicted molar refractivity (Wildman–Crippen MR) is 597 cm³/mol. The molecule has 6 heterocycles. The highest BCUT2D eigenvalue weighted by atomic mass is 79.9. The van der Waals surface area contributed by atoms with Crippen molar-refractivity contribution in [1.29, 1.82) is 0 Å². The maximum Gasteiger partial charge on any atom is 0.494 e. The Morgan fingerprint density at radius 3 is 1.25 bits per heavy atom. The number of Topliss-reactive ketones (excluding diaryl/α,β-unsaturated/α-hetero) is 1. The molecule has 1 fully saturated rings. The zero-order chi connectivity index (χ0) is 98.0. The third kappa shape index (κ3) is 26.5. The molecule has 1 saturated heterocycles. The molecule has 11 N–H and O–H groups in total. The van der Waals surface area contributed by atoms with Crippen molar-refractivity contribution >= 4 is 219 Å². The lowest BCUT2D eigenvalue weighted by Crippen LogP contribution is -2.41. The molecular formula is C115H100BBr2Cl4N12O4P. The minimum absolute atomic E-state index is 0.0121. The summed E-state index contributed by atoms with van der Waals surface area (Å²) in [4.78, 5) is 34.7. The van der Waals surface area contributed by atoms with Crippen molar-refractivity contribution in [3.05, 3.63) is 466 Å². The van der Waals surface area contributed by atoms with Crippen LogP contribution < -0.4 is 50.0 Å². The van der Waals surface area contributed by atoms with Gasteiger partial charge in [-0.25, -0.2) is 9.97 Å². The Bertz CT molecular complexity index is 7620. The van der Waals surface area contributed by atoms with E-state index in [-0.39, 0.29) is 24.1 Å². The first kappa shape index (κ1) is 101. The Labute approximate surface area is 846 Å². The van der Waals surface area contributed by atoms with E-state index in [0.29, 0.717) is 21.8 Å². The van der Waals surface area contributed by atoms with Gasteiger partial charge in [0.05, 0.1) is 63.0 Å². The van der Waals surface area contributed by atoms with Gasteiger partial charge in [-0.2, -0.15) is 5.10 Å². The molecule has 0 aliphatic carbocycles. The van der Waals surface area contributed by atoms with Gasteiger partial charge in [0.25, 0.3) is 5.24 Å². The first-order chi connectivity index (χ1) is 67.3. The number of hydrazine groups is 1. The number of ketones is 1. The highest BCUT2D eigenvalue weighted by Gasteiger charge is 2.51. The SMILES string of the molecule is Brc1ccc(Br)cc1.C/C(=N\Nc1ccccc1)c1ccccc1N.CC(=O)c1ccccc1N.CC1(C)OB(c2ccc(-c3nc4ccccc4c4cc5ccccc5n34)cc2)OC1(C)C.ClP(c1ccccc1)c1ccccc1.Clc1ccc(-c2nc3ccccc3c3cc4ccccc4n23)cc1.NNc1ccccc1.Nc1ccccc1-c1cc2ccccc2[nH]1.O=C(Cl)c1ccc(Cl)cc1. The standard InChI is InChI=1S/C27H25BN2O2.C21H13ClN2.C14H15N3.C14H12N2.C12H10ClP.C8H9NO.C7H4Cl2O.C6H4Br2.C6H8N2/c1-26(2)27(3,4)32-28(31-26)20-15-13-18(14-16-20)25-29-22-11-7-6-10-21(22)24-17-19-9-5-8-12-23(19)30(24)25;22-16-11-9-14(10-12-16)21-23-18-7-3-2-6-17(18)20-13-15-5-1-4-8-19(15)24(20)21;1-11(13-9-5-6-10-14(13)15)16-17-12-7-3-2-4-8-12;15-12-7-3-2-6-11(12)14-9-10-5-1-4-8-13(10)16-14;13-14(11-7-3-1-4-8-11)12-9-5-2-6-10-12;1-6(10)7-4-2-3-5-8(7)9;8-6-3-1-5(2-4-6)7(9)10;7-5-1-2-6(8)4-3-5;7-8-6-4-2-1-3-5-6/h5-17H,1-4H3;1-13H;2-10,17H,15H2,1H3;1-9,16H,15H2;1-10H;2-5H,9H2,1H3;1-4H;1-4H;1-5,8H,7H2/b;;16-11+;;;;;;. The first-order valence-corrected chi connectivity index (χ1v) is 49.5. The lowest BCUT2D eigenvalue weighted by Gasteiger charge is -2.32. The monoisotopic (exact) mass is 2050 g/mol. The van der Waals surface area contributed by atoms with E-state index in [1.807, 2.05) is 231 Å². The van der Waals surface area contributed by atoms with Crippen LogP contribution >= 0.6 is 85.2 Å². The number of fused-ring (bicyclic) bond motifs is 11. The van der Waals surface area contributed by atoms with E-state index in [2.05, 4.69) is 253 Å². The minimum atomic E-state index is -0.699. The zero-order valence-corrected chi connectivity index (χ0v) is 84.1. The van der Waals surface area contributed by atoms with Crippen molar-refractivity contribution in [2.45, 2.75) is 52.7 Å². The number of nitrogens with two attached hydrogens (primary N) is 4. The van der Waals surface area contributed by atoms with E-state index in [9.17, 15) is 9.59 Å². The summed E-state index contributed by atoms with van der Waals surface area (Å²) in [6.45, 7) is 11.7. The number of hydrogen-bond acceptors (Lipinski definition) is 13. The third-order valence-electron chi connectivity index (χ3n) is 22.8. The molecule has 22 rings (SSSR count). The van der Waals surface area contributed by atoms with Crippen LogP contribution in [-0.2, 0) is 9.31 Å². The predicted octanol–water partition coefficient (Wildman–Crippen LogP) is 29.7. The van der Waals surface area contributed by atoms with Gasteiger partial charge in [-0.1, -0.05) is 327 Å². The number of benzene rings is 16. The van der Waals surface area contributed by atoms with Crippen molar-refractivity contribution < 1.29 is 18.9 Å². The molecule has 16 nitrogen and oxygen atoms in total. The first-order valence-electron chi connectivity index (χ1n) is 44.5. The minimum Gasteiger partial charge on any atom is -0.399 e. The lowest BCUT2D eigenvalue weighted by atomic mass is 9.79. The average Bonchev–Trinajstić information content (AvgIpc) is 1.60. The summed E-state index contributed by atoms with van der Waals surface area (Å²) in [6.07, 6.45) is 0. The van der Waals surface area contributed by atoms with Crippen LogP contribution in [0.25, 0.3) is 99.6 Å². The summed E-state index contributed by atoms with van der Waals surface area (Å²) in [7, 11) is -1.07. The van der Waals surface area contributed by atoms with Gasteiger partial charge in [0.1, 0.15) is 11.6 Å². The number of carbonyl (C=O) groups excluding carboxylic acids is 2. The largest absolute Gasteiger partial charge is 0.494 e. The summed E-state index contributed by atoms with van der Waals surface area (Å²) in [5, 5.41) is 13.5. The summed E-state index contributed by atoms with van der Waals surface area (Å²) in [5.41, 5.74) is 42.1.